The van der Waals surface area contributed by atoms with Gasteiger partial charge in [0.05, 0.1) is 5.92 Å². The van der Waals surface area contributed by atoms with Crippen LogP contribution in [-0.2, 0) is 15.0 Å². The second kappa shape index (κ2) is 7.78. The molecular weight excluding hydrogens is 435 g/mol. The number of carbonyl (C=O) groups is 2. The summed E-state index contributed by atoms with van der Waals surface area (Å²) in [4.78, 5) is 25.7. The summed E-state index contributed by atoms with van der Waals surface area (Å²) in [6.45, 7) is 8.08. The van der Waals surface area contributed by atoms with Gasteiger partial charge in [-0.3, -0.25) is 9.59 Å². The van der Waals surface area contributed by atoms with E-state index in [1.54, 1.807) is 17.0 Å². The van der Waals surface area contributed by atoms with Crippen LogP contribution in [0.1, 0.15) is 56.2 Å². The minimum atomic E-state index is -4.88. The smallest absolute Gasteiger partial charge is 0.481 e. The molecule has 0 aromatic heterocycles. The van der Waals surface area contributed by atoms with E-state index in [9.17, 15) is 27.9 Å². The zero-order valence-electron chi connectivity index (χ0n) is 18.9. The standard InChI is InChI=1S/C25H26F3NO4/c1-5-29-20-11-15(13(2)8-19(20)24(3,4)12-22(29)30)17-9-14(16-10-18(16)23(31)32)6-7-21(17)33-25(26,27)28/h6-9,11,16,18H,5,10,12H2,1-4H3,(H,31,32)/t16-,18+/m0/s1. The van der Waals surface area contributed by atoms with E-state index < -0.39 is 23.7 Å². The molecule has 2 aliphatic rings. The van der Waals surface area contributed by atoms with Crippen molar-refractivity contribution >= 4 is 17.6 Å². The number of aliphatic carboxylic acids is 1. The molecule has 0 saturated heterocycles. The molecule has 1 amide bonds. The Balaban J connectivity index is 1.89. The number of benzene rings is 2. The van der Waals surface area contributed by atoms with Gasteiger partial charge in [-0.25, -0.2) is 0 Å². The van der Waals surface area contributed by atoms with Crippen molar-refractivity contribution < 1.29 is 32.6 Å². The normalized spacial score (nSPS) is 21.5. The lowest BCUT2D eigenvalue weighted by Gasteiger charge is -2.39. The third-order valence-electron chi connectivity index (χ3n) is 6.63. The second-order valence-corrected chi connectivity index (χ2v) is 9.47. The average molecular weight is 461 g/mol. The molecule has 176 valence electrons. The van der Waals surface area contributed by atoms with Crippen molar-refractivity contribution in [1.29, 1.82) is 0 Å². The molecule has 0 unspecified atom stereocenters. The van der Waals surface area contributed by atoms with Crippen molar-refractivity contribution in [3.05, 3.63) is 47.0 Å². The van der Waals surface area contributed by atoms with E-state index in [-0.39, 0.29) is 23.1 Å². The van der Waals surface area contributed by atoms with Gasteiger partial charge in [-0.1, -0.05) is 26.0 Å². The number of aryl methyl sites for hydroxylation is 1. The molecule has 1 N–H and O–H groups in total. The first-order valence-corrected chi connectivity index (χ1v) is 10.9. The van der Waals surface area contributed by atoms with Crippen LogP contribution in [0.15, 0.2) is 30.3 Å². The highest BCUT2D eigenvalue weighted by molar-refractivity contribution is 5.99. The highest BCUT2D eigenvalue weighted by atomic mass is 19.4. The molecule has 1 heterocycles. The molecule has 0 spiro atoms. The monoisotopic (exact) mass is 461 g/mol. The second-order valence-electron chi connectivity index (χ2n) is 9.47. The molecule has 2 aromatic carbocycles. The number of halogens is 3. The van der Waals surface area contributed by atoms with Gasteiger partial charge in [-0.2, -0.15) is 0 Å². The van der Waals surface area contributed by atoms with Gasteiger partial charge in [-0.15, -0.1) is 13.2 Å². The first-order chi connectivity index (χ1) is 15.3. The maximum absolute atomic E-state index is 13.2. The number of hydrogen-bond acceptors (Lipinski definition) is 3. The molecule has 8 heteroatoms. The minimum absolute atomic E-state index is 0.0346. The maximum Gasteiger partial charge on any atom is 0.573 e. The summed E-state index contributed by atoms with van der Waals surface area (Å²) in [6, 6.07) is 8.03. The highest BCUT2D eigenvalue weighted by Gasteiger charge is 2.45. The van der Waals surface area contributed by atoms with Crippen LogP contribution in [0.2, 0.25) is 0 Å². The number of carbonyl (C=O) groups excluding carboxylic acids is 1. The van der Waals surface area contributed by atoms with Crippen molar-refractivity contribution in [3.8, 4) is 16.9 Å². The van der Waals surface area contributed by atoms with E-state index >= 15 is 0 Å². The minimum Gasteiger partial charge on any atom is -0.481 e. The van der Waals surface area contributed by atoms with Crippen molar-refractivity contribution in [2.45, 2.75) is 58.2 Å². The fourth-order valence-corrected chi connectivity index (χ4v) is 4.84. The van der Waals surface area contributed by atoms with Gasteiger partial charge >= 0.3 is 12.3 Å². The van der Waals surface area contributed by atoms with Crippen LogP contribution >= 0.6 is 0 Å². The SMILES string of the molecule is CCN1C(=O)CC(C)(C)c2cc(C)c(-c3cc([C@@H]4C[C@H]4C(=O)O)ccc3OC(F)(F)F)cc21. The van der Waals surface area contributed by atoms with E-state index in [0.717, 1.165) is 11.1 Å². The summed E-state index contributed by atoms with van der Waals surface area (Å²) in [7, 11) is 0. The van der Waals surface area contributed by atoms with Crippen LogP contribution in [0.25, 0.3) is 11.1 Å². The van der Waals surface area contributed by atoms with Gasteiger partial charge < -0.3 is 14.7 Å². The predicted octanol–water partition coefficient (Wildman–Crippen LogP) is 5.78. The van der Waals surface area contributed by atoms with E-state index in [4.69, 9.17) is 0 Å². The Morgan fingerprint density at radius 2 is 1.91 bits per heavy atom. The summed E-state index contributed by atoms with van der Waals surface area (Å²) in [5, 5.41) is 9.27. The number of ether oxygens (including phenoxy) is 1. The van der Waals surface area contributed by atoms with Gasteiger partial charge in [0.1, 0.15) is 5.75 Å². The Bertz CT molecular complexity index is 1140. The number of alkyl halides is 3. The summed E-state index contributed by atoms with van der Waals surface area (Å²) in [6.07, 6.45) is -4.08. The molecule has 2 aromatic rings. The summed E-state index contributed by atoms with van der Waals surface area (Å²) < 4.78 is 43.8. The summed E-state index contributed by atoms with van der Waals surface area (Å²) in [5.41, 5.74) is 3.40. The highest BCUT2D eigenvalue weighted by Crippen LogP contribution is 2.50. The lowest BCUT2D eigenvalue weighted by molar-refractivity contribution is -0.274. The topological polar surface area (TPSA) is 66.8 Å². The van der Waals surface area contributed by atoms with Crippen molar-refractivity contribution in [1.82, 2.24) is 0 Å². The van der Waals surface area contributed by atoms with Crippen LogP contribution in [0, 0.1) is 12.8 Å². The number of fused-ring (bicyclic) bond motifs is 1. The van der Waals surface area contributed by atoms with Gasteiger partial charge in [0.15, 0.2) is 0 Å². The molecule has 5 nitrogen and oxygen atoms in total. The zero-order chi connectivity index (χ0) is 24.3. The van der Waals surface area contributed by atoms with E-state index in [2.05, 4.69) is 4.74 Å². The van der Waals surface area contributed by atoms with E-state index in [1.807, 2.05) is 33.8 Å². The number of carboxylic acid groups (broad SMARTS) is 1. The zero-order valence-corrected chi connectivity index (χ0v) is 18.9. The lowest BCUT2D eigenvalue weighted by atomic mass is 9.75. The predicted molar refractivity (Wildman–Crippen MR) is 117 cm³/mol. The third kappa shape index (κ3) is 4.30. The first-order valence-electron chi connectivity index (χ1n) is 10.9. The van der Waals surface area contributed by atoms with Crippen molar-refractivity contribution in [3.63, 3.8) is 0 Å². The molecule has 1 aliphatic carbocycles. The number of anilines is 1. The van der Waals surface area contributed by atoms with Crippen molar-refractivity contribution in [2.24, 2.45) is 5.92 Å². The van der Waals surface area contributed by atoms with Crippen LogP contribution in [-0.4, -0.2) is 29.9 Å². The molecule has 2 atom stereocenters. The van der Waals surface area contributed by atoms with E-state index in [0.29, 0.717) is 36.2 Å². The molecule has 0 radical (unpaired) electrons. The Labute approximate surface area is 190 Å². The molecular formula is C25H26F3NO4. The van der Waals surface area contributed by atoms with Gasteiger partial charge in [0, 0.05) is 29.6 Å². The van der Waals surface area contributed by atoms with E-state index in [1.165, 1.54) is 12.1 Å². The molecule has 0 bridgehead atoms. The lowest BCUT2D eigenvalue weighted by Crippen LogP contribution is -2.41. The Kier molecular flexibility index (Phi) is 5.46. The van der Waals surface area contributed by atoms with Gasteiger partial charge in [-0.05, 0) is 66.6 Å². The Morgan fingerprint density at radius 3 is 2.48 bits per heavy atom. The largest absolute Gasteiger partial charge is 0.573 e. The van der Waals surface area contributed by atoms with Crippen LogP contribution < -0.4 is 9.64 Å². The third-order valence-corrected chi connectivity index (χ3v) is 6.63. The van der Waals surface area contributed by atoms with Crippen LogP contribution in [0.3, 0.4) is 0 Å². The van der Waals surface area contributed by atoms with Crippen LogP contribution in [0.5, 0.6) is 5.75 Å². The average Bonchev–Trinajstić information content (AvgIpc) is 3.48. The van der Waals surface area contributed by atoms with Gasteiger partial charge in [0.2, 0.25) is 5.91 Å². The quantitative estimate of drug-likeness (QED) is 0.613. The van der Waals surface area contributed by atoms with Crippen molar-refractivity contribution in [2.75, 3.05) is 11.4 Å². The Hall–Kier alpha value is -3.03. The molecule has 4 rings (SSSR count). The summed E-state index contributed by atoms with van der Waals surface area (Å²) >= 11 is 0. The van der Waals surface area contributed by atoms with Crippen LogP contribution in [0.4, 0.5) is 18.9 Å². The number of hydrogen-bond donors (Lipinski definition) is 1. The summed E-state index contributed by atoms with van der Waals surface area (Å²) in [5.74, 6) is -2.09. The Morgan fingerprint density at radius 1 is 1.21 bits per heavy atom. The van der Waals surface area contributed by atoms with Gasteiger partial charge in [0.25, 0.3) is 0 Å². The molecule has 1 aliphatic heterocycles. The first kappa shape index (κ1) is 23.1. The number of rotatable bonds is 5. The molecule has 33 heavy (non-hydrogen) atoms. The molecule has 1 saturated carbocycles. The fourth-order valence-electron chi connectivity index (χ4n) is 4.84. The number of carboxylic acids is 1. The fraction of sp³-hybridized carbons (Fsp3) is 0.440. The maximum atomic E-state index is 13.2. The number of amides is 1. The molecule has 1 fully saturated rings. The number of nitrogens with zero attached hydrogens (tertiary/aromatic N) is 1.